The number of carbonyl (C=O) groups excluding carboxylic acids is 1. The Labute approximate surface area is 231 Å². The zero-order valence-corrected chi connectivity index (χ0v) is 22.8. The Balaban J connectivity index is 1.19. The van der Waals surface area contributed by atoms with E-state index in [0.717, 1.165) is 50.9 Å². The molecule has 8 rings (SSSR count). The lowest BCUT2D eigenvalue weighted by atomic mass is 9.20. The van der Waals surface area contributed by atoms with Gasteiger partial charge in [-0.15, -0.1) is 0 Å². The number of fused-ring (bicyclic) bond motifs is 1. The first-order valence-corrected chi connectivity index (χ1v) is 15.0. The standard InChI is InChI=1S/C35H38N2O2/c1-2-29-32-31-26(22-37(29)33(39)24-11-7-4-8-12-24)21-35(31)30-19-25-13-14-27(38)20-28(25)34(32,35)16-18-36(30)17-15-23-9-5-3-6-10-23/h3-14,20,26,29-32,38H,2,15-19,21-22H2,1H3/t26-,29?,30?,31?,32?,34?,35?/m1/s1. The first-order valence-electron chi connectivity index (χ1n) is 15.0. The lowest BCUT2D eigenvalue weighted by molar-refractivity contribution is -0.349. The van der Waals surface area contributed by atoms with Gasteiger partial charge in [0.25, 0.3) is 5.91 Å². The number of amides is 1. The van der Waals surface area contributed by atoms with Crippen LogP contribution in [0.5, 0.6) is 5.75 Å². The Morgan fingerprint density at radius 2 is 1.77 bits per heavy atom. The highest BCUT2D eigenvalue weighted by Crippen LogP contribution is 2.84. The Hall–Kier alpha value is -3.11. The normalized spacial score (nSPS) is 35.6. The van der Waals surface area contributed by atoms with E-state index in [0.29, 0.717) is 29.5 Å². The van der Waals surface area contributed by atoms with E-state index in [1.807, 2.05) is 36.4 Å². The molecular formula is C35H38N2O2. The molecule has 6 unspecified atom stereocenters. The summed E-state index contributed by atoms with van der Waals surface area (Å²) in [5.74, 6) is 2.34. The van der Waals surface area contributed by atoms with E-state index in [4.69, 9.17) is 0 Å². The van der Waals surface area contributed by atoms with Crippen LogP contribution in [-0.4, -0.2) is 52.5 Å². The maximum atomic E-state index is 13.9. The summed E-state index contributed by atoms with van der Waals surface area (Å²) in [6, 6.07) is 27.8. The van der Waals surface area contributed by atoms with Crippen LogP contribution in [0.25, 0.3) is 0 Å². The van der Waals surface area contributed by atoms with E-state index in [1.54, 1.807) is 0 Å². The molecule has 1 spiro atoms. The average Bonchev–Trinajstić information content (AvgIpc) is 2.95. The SMILES string of the molecule is CCC1C2C3[C@@H](CN1C(=O)c1ccccc1)CC31C3Cc4ccc(O)cc4C21CCN3CCc1ccccc1. The molecule has 2 aliphatic heterocycles. The van der Waals surface area contributed by atoms with Crippen LogP contribution in [0.4, 0.5) is 0 Å². The third kappa shape index (κ3) is 2.96. The molecule has 0 aromatic heterocycles. The number of piperidine rings is 2. The maximum absolute atomic E-state index is 13.9. The van der Waals surface area contributed by atoms with E-state index in [-0.39, 0.29) is 22.8 Å². The Morgan fingerprint density at radius 3 is 2.54 bits per heavy atom. The number of hydrogen-bond acceptors (Lipinski definition) is 3. The topological polar surface area (TPSA) is 43.8 Å². The fourth-order valence-electron chi connectivity index (χ4n) is 10.6. The average molecular weight is 519 g/mol. The summed E-state index contributed by atoms with van der Waals surface area (Å²) < 4.78 is 0. The second-order valence-corrected chi connectivity index (χ2v) is 12.9. The van der Waals surface area contributed by atoms with Crippen LogP contribution in [0, 0.1) is 23.2 Å². The van der Waals surface area contributed by atoms with E-state index in [1.165, 1.54) is 23.1 Å². The second kappa shape index (κ2) is 8.44. The predicted molar refractivity (Wildman–Crippen MR) is 153 cm³/mol. The summed E-state index contributed by atoms with van der Waals surface area (Å²) in [6.07, 6.45) is 5.51. The highest BCUT2D eigenvalue weighted by Gasteiger charge is 2.85. The van der Waals surface area contributed by atoms with Gasteiger partial charge < -0.3 is 10.0 Å². The van der Waals surface area contributed by atoms with Crippen LogP contribution in [0.2, 0.25) is 0 Å². The third-order valence-electron chi connectivity index (χ3n) is 11.8. The summed E-state index contributed by atoms with van der Waals surface area (Å²) >= 11 is 0. The van der Waals surface area contributed by atoms with Gasteiger partial charge in [0, 0.05) is 41.6 Å². The number of phenolic OH excluding ortho intramolecular Hbond substituents is 1. The number of rotatable bonds is 5. The molecule has 1 amide bonds. The summed E-state index contributed by atoms with van der Waals surface area (Å²) in [6.45, 7) is 5.39. The maximum Gasteiger partial charge on any atom is 0.254 e. The monoisotopic (exact) mass is 518 g/mol. The number of phenols is 1. The van der Waals surface area contributed by atoms with Gasteiger partial charge >= 0.3 is 0 Å². The molecule has 3 aliphatic carbocycles. The van der Waals surface area contributed by atoms with Gasteiger partial charge in [0.1, 0.15) is 5.75 Å². The van der Waals surface area contributed by atoms with Crippen molar-refractivity contribution in [2.24, 2.45) is 23.2 Å². The number of aromatic hydroxyl groups is 1. The fourth-order valence-corrected chi connectivity index (χ4v) is 10.6. The molecule has 2 saturated heterocycles. The summed E-state index contributed by atoms with van der Waals surface area (Å²) in [4.78, 5) is 19.0. The van der Waals surface area contributed by atoms with Crippen molar-refractivity contribution in [1.82, 2.24) is 9.80 Å². The zero-order chi connectivity index (χ0) is 26.4. The molecule has 3 aromatic carbocycles. The van der Waals surface area contributed by atoms with E-state index in [9.17, 15) is 9.90 Å². The molecule has 5 aliphatic rings. The van der Waals surface area contributed by atoms with Gasteiger partial charge in [-0.1, -0.05) is 61.5 Å². The second-order valence-electron chi connectivity index (χ2n) is 12.9. The van der Waals surface area contributed by atoms with Crippen LogP contribution in [0.15, 0.2) is 78.9 Å². The molecule has 2 saturated carbocycles. The van der Waals surface area contributed by atoms with Crippen LogP contribution < -0.4 is 0 Å². The van der Waals surface area contributed by atoms with Gasteiger partial charge in [-0.05, 0) is 97.4 Å². The first-order chi connectivity index (χ1) is 19.1. The molecule has 1 N–H and O–H groups in total. The minimum atomic E-state index is 0.0602. The van der Waals surface area contributed by atoms with Gasteiger partial charge in [-0.3, -0.25) is 9.69 Å². The van der Waals surface area contributed by atoms with Crippen molar-refractivity contribution < 1.29 is 9.90 Å². The van der Waals surface area contributed by atoms with Gasteiger partial charge in [0.2, 0.25) is 0 Å². The van der Waals surface area contributed by atoms with Crippen molar-refractivity contribution in [3.8, 4) is 5.75 Å². The largest absolute Gasteiger partial charge is 0.508 e. The number of likely N-dealkylation sites (tertiary alicyclic amines) is 2. The minimum absolute atomic E-state index is 0.0602. The lowest BCUT2D eigenvalue weighted by Crippen LogP contribution is -2.90. The first kappa shape index (κ1) is 23.7. The highest BCUT2D eigenvalue weighted by atomic mass is 16.3. The molecule has 4 heteroatoms. The van der Waals surface area contributed by atoms with Crippen molar-refractivity contribution >= 4 is 5.91 Å². The Bertz CT molecular complexity index is 1420. The summed E-state index contributed by atoms with van der Waals surface area (Å²) in [5, 5.41) is 10.7. The lowest BCUT2D eigenvalue weighted by Gasteiger charge is -2.88. The highest BCUT2D eigenvalue weighted by molar-refractivity contribution is 5.94. The zero-order valence-electron chi connectivity index (χ0n) is 22.8. The van der Waals surface area contributed by atoms with Gasteiger partial charge in [-0.2, -0.15) is 0 Å². The Morgan fingerprint density at radius 1 is 1.00 bits per heavy atom. The summed E-state index contributed by atoms with van der Waals surface area (Å²) in [7, 11) is 0. The molecule has 4 nitrogen and oxygen atoms in total. The van der Waals surface area contributed by atoms with E-state index >= 15 is 0 Å². The Kier molecular flexibility index (Phi) is 5.14. The van der Waals surface area contributed by atoms with Crippen molar-refractivity contribution in [3.05, 3.63) is 101 Å². The number of benzene rings is 3. The molecule has 39 heavy (non-hydrogen) atoms. The summed E-state index contributed by atoms with van der Waals surface area (Å²) in [5.41, 5.74) is 5.42. The van der Waals surface area contributed by atoms with E-state index < -0.39 is 0 Å². The van der Waals surface area contributed by atoms with Crippen molar-refractivity contribution in [2.45, 2.75) is 56.5 Å². The van der Waals surface area contributed by atoms with Crippen LogP contribution >= 0.6 is 0 Å². The van der Waals surface area contributed by atoms with Crippen LogP contribution in [-0.2, 0) is 18.3 Å². The molecule has 7 atom stereocenters. The third-order valence-corrected chi connectivity index (χ3v) is 11.8. The smallest absolute Gasteiger partial charge is 0.254 e. The number of carbonyl (C=O) groups is 1. The quantitative estimate of drug-likeness (QED) is 0.472. The predicted octanol–water partition coefficient (Wildman–Crippen LogP) is 5.69. The number of nitrogens with zero attached hydrogens (tertiary/aromatic N) is 2. The molecule has 4 fully saturated rings. The van der Waals surface area contributed by atoms with Gasteiger partial charge in [0.05, 0.1) is 0 Å². The molecule has 2 heterocycles. The molecule has 200 valence electrons. The minimum Gasteiger partial charge on any atom is -0.508 e. The van der Waals surface area contributed by atoms with Crippen molar-refractivity contribution in [2.75, 3.05) is 19.6 Å². The van der Waals surface area contributed by atoms with Crippen molar-refractivity contribution in [3.63, 3.8) is 0 Å². The van der Waals surface area contributed by atoms with Gasteiger partial charge in [0.15, 0.2) is 0 Å². The number of hydrogen-bond donors (Lipinski definition) is 1. The van der Waals surface area contributed by atoms with Crippen molar-refractivity contribution in [1.29, 1.82) is 0 Å². The molecule has 3 aromatic rings. The van der Waals surface area contributed by atoms with E-state index in [2.05, 4.69) is 59.2 Å². The molecule has 2 bridgehead atoms. The fraction of sp³-hybridized carbons (Fsp3) is 0.457. The molecule has 0 radical (unpaired) electrons. The van der Waals surface area contributed by atoms with Crippen LogP contribution in [0.3, 0.4) is 0 Å². The van der Waals surface area contributed by atoms with Gasteiger partial charge in [-0.25, -0.2) is 0 Å². The molecular weight excluding hydrogens is 480 g/mol. The van der Waals surface area contributed by atoms with Crippen LogP contribution in [0.1, 0.15) is 53.2 Å².